The van der Waals surface area contributed by atoms with Gasteiger partial charge in [0.25, 0.3) is 0 Å². The van der Waals surface area contributed by atoms with Gasteiger partial charge < -0.3 is 45.1 Å². The molecular weight excluding hydrogens is 967 g/mol. The summed E-state index contributed by atoms with van der Waals surface area (Å²) in [5.74, 6) is -1.23. The van der Waals surface area contributed by atoms with Gasteiger partial charge in [-0.3, -0.25) is 9.59 Å². The molecule has 11 nitrogen and oxygen atoms in total. The quantitative estimate of drug-likeness (QED) is 0.0149. The smallest absolute Gasteiger partial charge is 0.306 e. The fourth-order valence-electron chi connectivity index (χ4n) is 9.66. The van der Waals surface area contributed by atoms with Crippen molar-refractivity contribution in [2.24, 2.45) is 0 Å². The van der Waals surface area contributed by atoms with Gasteiger partial charge in [0.2, 0.25) is 5.91 Å². The highest BCUT2D eigenvalue weighted by atomic mass is 16.7. The summed E-state index contributed by atoms with van der Waals surface area (Å²) in [5, 5.41) is 56.9. The van der Waals surface area contributed by atoms with Crippen LogP contribution < -0.4 is 5.32 Å². The number of hydrogen-bond donors (Lipinski definition) is 6. The molecule has 1 aliphatic rings. The van der Waals surface area contributed by atoms with Crippen LogP contribution in [0.25, 0.3) is 0 Å². The van der Waals surface area contributed by atoms with E-state index in [1.165, 1.54) is 161 Å². The Balaban J connectivity index is 2.60. The second-order valence-electron chi connectivity index (χ2n) is 21.8. The number of amides is 1. The third-order valence-corrected chi connectivity index (χ3v) is 14.7. The standard InChI is InChI=1S/C66H117NO10/c1-4-7-10-13-16-19-22-24-25-26-27-28-29-30-31-32-33-34-36-38-41-44-47-50-53-59(70)65(74)67-57(58(69)52-49-46-43-40-37-21-18-15-12-9-6-3)56-75-66-64(63(73)62(72)60(55-68)76-66)77-61(71)54-51-48-45-42-39-35-23-20-17-14-11-8-5-2/h8,11,14,17,20,23-25,35,39,49,52,57-60,62-64,66,68-70,72-73H,4-7,9-10,12-13,15-16,18-19,21-22,26-34,36-38,40-48,50-51,53-56H2,1-3H3,(H,67,74)/b11-8+,17-14+,23-20-,25-24+,39-35-,52-49+. The summed E-state index contributed by atoms with van der Waals surface area (Å²) >= 11 is 0. The number of ether oxygens (including phenoxy) is 3. The molecule has 446 valence electrons. The molecule has 1 fully saturated rings. The Morgan fingerprint density at radius 3 is 1.44 bits per heavy atom. The van der Waals surface area contributed by atoms with Gasteiger partial charge in [-0.15, -0.1) is 0 Å². The highest BCUT2D eigenvalue weighted by Crippen LogP contribution is 2.26. The Bertz CT molecular complexity index is 1530. The molecule has 1 saturated heterocycles. The normalized spacial score (nSPS) is 19.5. The highest BCUT2D eigenvalue weighted by molar-refractivity contribution is 5.80. The van der Waals surface area contributed by atoms with Crippen LogP contribution in [0.15, 0.2) is 72.9 Å². The number of aliphatic hydroxyl groups excluding tert-OH is 5. The van der Waals surface area contributed by atoms with Crippen LogP contribution in [0.5, 0.6) is 0 Å². The van der Waals surface area contributed by atoms with Crippen molar-refractivity contribution >= 4 is 11.9 Å². The minimum Gasteiger partial charge on any atom is -0.454 e. The van der Waals surface area contributed by atoms with Gasteiger partial charge in [-0.05, 0) is 70.6 Å². The molecule has 1 amide bonds. The molecule has 0 aromatic carbocycles. The Morgan fingerprint density at radius 1 is 0.519 bits per heavy atom. The lowest BCUT2D eigenvalue weighted by Gasteiger charge is -2.41. The largest absolute Gasteiger partial charge is 0.454 e. The van der Waals surface area contributed by atoms with Crippen LogP contribution in [0.1, 0.15) is 271 Å². The molecule has 0 spiro atoms. The number of unbranched alkanes of at least 4 members (excludes halogenated alkanes) is 32. The first kappa shape index (κ1) is 72.1. The number of rotatable bonds is 53. The van der Waals surface area contributed by atoms with Gasteiger partial charge in [0, 0.05) is 6.42 Å². The van der Waals surface area contributed by atoms with Crippen molar-refractivity contribution < 1.29 is 49.3 Å². The number of allylic oxidation sites excluding steroid dienone is 11. The molecule has 0 radical (unpaired) electrons. The third kappa shape index (κ3) is 41.7. The molecule has 1 aliphatic heterocycles. The molecule has 8 unspecified atom stereocenters. The van der Waals surface area contributed by atoms with Crippen LogP contribution in [-0.2, 0) is 23.8 Å². The molecule has 77 heavy (non-hydrogen) atoms. The molecule has 0 saturated carbocycles. The van der Waals surface area contributed by atoms with Crippen molar-refractivity contribution in [2.75, 3.05) is 13.2 Å². The van der Waals surface area contributed by atoms with E-state index in [4.69, 9.17) is 14.2 Å². The molecule has 0 aromatic heterocycles. The lowest BCUT2D eigenvalue weighted by molar-refractivity contribution is -0.305. The maximum Gasteiger partial charge on any atom is 0.306 e. The van der Waals surface area contributed by atoms with E-state index in [-0.39, 0.29) is 19.4 Å². The van der Waals surface area contributed by atoms with Gasteiger partial charge in [-0.1, -0.05) is 267 Å². The van der Waals surface area contributed by atoms with Crippen LogP contribution >= 0.6 is 0 Å². The van der Waals surface area contributed by atoms with Crippen LogP contribution in [0.2, 0.25) is 0 Å². The SMILES string of the molecule is CC/C=C/C=C/C=C\C=C/CCCCCC(=O)OC1C(OCC(NC(=O)C(O)CCCCCCCCCCCCCCCC/C=C/CCCCCCCC)C(O)/C=C/CCCCCCCCCCC)OC(CO)C(O)C1O. The second-order valence-corrected chi connectivity index (χ2v) is 21.8. The highest BCUT2D eigenvalue weighted by Gasteiger charge is 2.47. The minimum atomic E-state index is -1.63. The van der Waals surface area contributed by atoms with Gasteiger partial charge in [0.1, 0.15) is 24.4 Å². The Morgan fingerprint density at radius 2 is 0.948 bits per heavy atom. The van der Waals surface area contributed by atoms with Gasteiger partial charge in [0.15, 0.2) is 12.4 Å². The summed E-state index contributed by atoms with van der Waals surface area (Å²) in [6.07, 6.45) is 58.2. The summed E-state index contributed by atoms with van der Waals surface area (Å²) in [6.45, 7) is 5.62. The number of hydrogen-bond acceptors (Lipinski definition) is 10. The van der Waals surface area contributed by atoms with E-state index >= 15 is 0 Å². The first-order valence-corrected chi connectivity index (χ1v) is 31.8. The van der Waals surface area contributed by atoms with Crippen LogP contribution in [0, 0.1) is 0 Å². The predicted octanol–water partition coefficient (Wildman–Crippen LogP) is 15.2. The van der Waals surface area contributed by atoms with E-state index in [2.05, 4.69) is 50.4 Å². The lowest BCUT2D eigenvalue weighted by atomic mass is 9.99. The summed E-state index contributed by atoms with van der Waals surface area (Å²) < 4.78 is 17.5. The van der Waals surface area contributed by atoms with Gasteiger partial charge in [-0.25, -0.2) is 0 Å². The summed E-state index contributed by atoms with van der Waals surface area (Å²) in [4.78, 5) is 26.5. The van der Waals surface area contributed by atoms with Crippen molar-refractivity contribution in [1.82, 2.24) is 5.32 Å². The lowest BCUT2D eigenvalue weighted by Crippen LogP contribution is -2.61. The summed E-state index contributed by atoms with van der Waals surface area (Å²) in [7, 11) is 0. The van der Waals surface area contributed by atoms with Crippen molar-refractivity contribution in [3.05, 3.63) is 72.9 Å². The number of esters is 1. The van der Waals surface area contributed by atoms with Crippen molar-refractivity contribution in [3.8, 4) is 0 Å². The summed E-state index contributed by atoms with van der Waals surface area (Å²) in [6, 6.07) is -1.03. The summed E-state index contributed by atoms with van der Waals surface area (Å²) in [5.41, 5.74) is 0. The number of carbonyl (C=O) groups excluding carboxylic acids is 2. The topological polar surface area (TPSA) is 175 Å². The van der Waals surface area contributed by atoms with Crippen LogP contribution in [0.4, 0.5) is 0 Å². The Kier molecular flexibility index (Phi) is 50.3. The molecule has 1 rings (SSSR count). The third-order valence-electron chi connectivity index (χ3n) is 14.7. The molecule has 6 N–H and O–H groups in total. The van der Waals surface area contributed by atoms with Crippen LogP contribution in [-0.4, -0.2) is 99.6 Å². The molecule has 8 atom stereocenters. The average Bonchev–Trinajstić information content (AvgIpc) is 3.44. The van der Waals surface area contributed by atoms with E-state index in [0.717, 1.165) is 64.2 Å². The zero-order valence-electron chi connectivity index (χ0n) is 49.3. The predicted molar refractivity (Wildman–Crippen MR) is 319 cm³/mol. The minimum absolute atomic E-state index is 0.0760. The average molecular weight is 1080 g/mol. The molecule has 0 bridgehead atoms. The van der Waals surface area contributed by atoms with Crippen LogP contribution in [0.3, 0.4) is 0 Å². The van der Waals surface area contributed by atoms with Crippen molar-refractivity contribution in [1.29, 1.82) is 0 Å². The molecule has 1 heterocycles. The van der Waals surface area contributed by atoms with E-state index in [1.54, 1.807) is 6.08 Å². The first-order chi connectivity index (χ1) is 37.7. The molecule has 0 aromatic rings. The second kappa shape index (κ2) is 53.7. The zero-order chi connectivity index (χ0) is 56.1. The zero-order valence-corrected chi connectivity index (χ0v) is 49.3. The maximum absolute atomic E-state index is 13.4. The first-order valence-electron chi connectivity index (χ1n) is 31.8. The fourth-order valence-corrected chi connectivity index (χ4v) is 9.66. The molecule has 0 aliphatic carbocycles. The fraction of sp³-hybridized carbons (Fsp3) is 0.788. The monoisotopic (exact) mass is 1080 g/mol. The number of aliphatic hydroxyl groups is 5. The number of nitrogens with one attached hydrogen (secondary N) is 1. The van der Waals surface area contributed by atoms with Gasteiger partial charge >= 0.3 is 5.97 Å². The van der Waals surface area contributed by atoms with E-state index < -0.39 is 67.4 Å². The maximum atomic E-state index is 13.4. The van der Waals surface area contributed by atoms with Gasteiger partial charge in [0.05, 0.1) is 25.4 Å². The Hall–Kier alpha value is -2.90. The van der Waals surface area contributed by atoms with E-state index in [9.17, 15) is 35.1 Å². The van der Waals surface area contributed by atoms with Gasteiger partial charge in [-0.2, -0.15) is 0 Å². The molecule has 11 heteroatoms. The number of carbonyl (C=O) groups is 2. The van der Waals surface area contributed by atoms with E-state index in [0.29, 0.717) is 12.8 Å². The Labute approximate surface area is 471 Å². The van der Waals surface area contributed by atoms with Crippen molar-refractivity contribution in [3.63, 3.8) is 0 Å². The molecular formula is C66H117NO10. The van der Waals surface area contributed by atoms with E-state index in [1.807, 2.05) is 42.5 Å². The van der Waals surface area contributed by atoms with Crippen molar-refractivity contribution in [2.45, 2.75) is 320 Å².